The predicted molar refractivity (Wildman–Crippen MR) is 101 cm³/mol. The van der Waals surface area contributed by atoms with Crippen molar-refractivity contribution in [2.45, 2.75) is 20.0 Å². The lowest BCUT2D eigenvalue weighted by molar-refractivity contribution is -0.136. The second-order valence-corrected chi connectivity index (χ2v) is 6.22. The van der Waals surface area contributed by atoms with Gasteiger partial charge in [-0.3, -0.25) is 24.0 Å². The van der Waals surface area contributed by atoms with Gasteiger partial charge in [-0.15, -0.1) is 5.92 Å². The normalized spacial score (nSPS) is 14.2. The maximum absolute atomic E-state index is 13.0. The number of carboxylic acids is 1. The summed E-state index contributed by atoms with van der Waals surface area (Å²) in [7, 11) is 1.62. The smallest absolute Gasteiger partial charge is 0.317 e. The van der Waals surface area contributed by atoms with Crippen LogP contribution < -0.4 is 21.1 Å². The summed E-state index contributed by atoms with van der Waals surface area (Å²) in [6.45, 7) is 5.34. The van der Waals surface area contributed by atoms with Crippen molar-refractivity contribution in [1.82, 2.24) is 29.7 Å². The summed E-state index contributed by atoms with van der Waals surface area (Å²) < 4.78 is 3.25. The molecule has 0 atom stereocenters. The molecule has 144 valence electrons. The minimum absolute atomic E-state index is 0.165. The van der Waals surface area contributed by atoms with Crippen molar-refractivity contribution in [2.75, 3.05) is 37.6 Å². The molecular weight excluding hydrogens is 350 g/mol. The molecule has 0 unspecified atom stereocenters. The van der Waals surface area contributed by atoms with Crippen molar-refractivity contribution < 1.29 is 9.90 Å². The number of carboxylic acid groups (broad SMARTS) is 1. The number of piperazine rings is 1. The molecule has 3 N–H and O–H groups in total. The summed E-state index contributed by atoms with van der Waals surface area (Å²) in [5.41, 5.74) is 0.548. The van der Waals surface area contributed by atoms with Crippen LogP contribution in [0.3, 0.4) is 0 Å². The second-order valence-electron chi connectivity index (χ2n) is 6.22. The molecule has 2 aromatic rings. The van der Waals surface area contributed by atoms with E-state index >= 15 is 0 Å². The number of hydrogen-bond acceptors (Lipinski definition) is 7. The van der Waals surface area contributed by atoms with Crippen molar-refractivity contribution in [1.29, 1.82) is 0 Å². The average Bonchev–Trinajstić information content (AvgIpc) is 3.02. The van der Waals surface area contributed by atoms with Gasteiger partial charge in [-0.2, -0.15) is 4.98 Å². The van der Waals surface area contributed by atoms with E-state index in [-0.39, 0.29) is 18.6 Å². The molecule has 1 aliphatic heterocycles. The van der Waals surface area contributed by atoms with E-state index in [0.717, 1.165) is 26.2 Å². The SMILES string of the molecule is CC#CCn1c(N2CCNCC2)nc2nc(CNCC(=O)O)n(C)c(=O)c21. The second kappa shape index (κ2) is 8.20. The summed E-state index contributed by atoms with van der Waals surface area (Å²) in [5, 5.41) is 14.8. The number of aliphatic carboxylic acids is 1. The van der Waals surface area contributed by atoms with E-state index in [1.165, 1.54) is 4.57 Å². The third-order valence-corrected chi connectivity index (χ3v) is 4.43. The highest BCUT2D eigenvalue weighted by Crippen LogP contribution is 2.20. The lowest BCUT2D eigenvalue weighted by Gasteiger charge is -2.28. The number of hydrogen-bond donors (Lipinski definition) is 3. The van der Waals surface area contributed by atoms with Crippen LogP contribution in [0.5, 0.6) is 0 Å². The Labute approximate surface area is 156 Å². The Balaban J connectivity index is 2.07. The lowest BCUT2D eigenvalue weighted by Crippen LogP contribution is -2.44. The van der Waals surface area contributed by atoms with Gasteiger partial charge in [0.1, 0.15) is 5.82 Å². The van der Waals surface area contributed by atoms with E-state index in [9.17, 15) is 9.59 Å². The number of fused-ring (bicyclic) bond motifs is 1. The van der Waals surface area contributed by atoms with Crippen LogP contribution in [-0.2, 0) is 24.9 Å². The number of nitrogens with zero attached hydrogens (tertiary/aromatic N) is 5. The van der Waals surface area contributed by atoms with Crippen LogP contribution in [0.25, 0.3) is 11.2 Å². The third-order valence-electron chi connectivity index (χ3n) is 4.43. The molecule has 0 spiro atoms. The van der Waals surface area contributed by atoms with Crippen molar-refractivity contribution >= 4 is 23.1 Å². The molecule has 0 bridgehead atoms. The molecule has 3 rings (SSSR count). The molecule has 10 nitrogen and oxygen atoms in total. The van der Waals surface area contributed by atoms with E-state index in [1.54, 1.807) is 14.0 Å². The number of aromatic nitrogens is 4. The highest BCUT2D eigenvalue weighted by atomic mass is 16.4. The van der Waals surface area contributed by atoms with E-state index in [1.807, 2.05) is 4.57 Å². The van der Waals surface area contributed by atoms with E-state index in [4.69, 9.17) is 5.11 Å². The number of anilines is 1. The maximum Gasteiger partial charge on any atom is 0.317 e. The van der Waals surface area contributed by atoms with Crippen LogP contribution in [-0.4, -0.2) is 62.9 Å². The van der Waals surface area contributed by atoms with Gasteiger partial charge in [0, 0.05) is 33.2 Å². The lowest BCUT2D eigenvalue weighted by atomic mass is 10.4. The van der Waals surface area contributed by atoms with Crippen molar-refractivity contribution in [3.63, 3.8) is 0 Å². The molecule has 0 aromatic carbocycles. The summed E-state index contributed by atoms with van der Waals surface area (Å²) in [5.74, 6) is 6.03. The van der Waals surface area contributed by atoms with E-state index in [0.29, 0.717) is 29.5 Å². The van der Waals surface area contributed by atoms with Gasteiger partial charge in [0.2, 0.25) is 5.95 Å². The Morgan fingerprint density at radius 3 is 2.74 bits per heavy atom. The average molecular weight is 373 g/mol. The minimum atomic E-state index is -0.968. The molecule has 1 fully saturated rings. The standard InChI is InChI=1S/C17H23N7O3/c1-3-4-7-24-14-15(21-17(24)23-8-5-18-6-9-23)20-12(22(2)16(14)27)10-19-11-13(25)26/h18-19H,5-11H2,1-2H3,(H,25,26). The summed E-state index contributed by atoms with van der Waals surface area (Å²) in [6, 6.07) is 0. The van der Waals surface area contributed by atoms with Gasteiger partial charge in [-0.1, -0.05) is 5.92 Å². The fraction of sp³-hybridized carbons (Fsp3) is 0.529. The first-order valence-electron chi connectivity index (χ1n) is 8.77. The van der Waals surface area contributed by atoms with E-state index in [2.05, 4.69) is 37.3 Å². The van der Waals surface area contributed by atoms with Crippen LogP contribution in [0.15, 0.2) is 4.79 Å². The highest BCUT2D eigenvalue weighted by Gasteiger charge is 2.22. The summed E-state index contributed by atoms with van der Waals surface area (Å²) in [6.07, 6.45) is 0. The number of carbonyl (C=O) groups is 1. The molecule has 3 heterocycles. The molecule has 10 heteroatoms. The third kappa shape index (κ3) is 3.94. The van der Waals surface area contributed by atoms with Gasteiger partial charge in [0.05, 0.1) is 19.6 Å². The Morgan fingerprint density at radius 1 is 1.33 bits per heavy atom. The first kappa shape index (κ1) is 18.9. The molecule has 27 heavy (non-hydrogen) atoms. The molecule has 1 saturated heterocycles. The number of nitrogens with one attached hydrogen (secondary N) is 2. The molecule has 0 saturated carbocycles. The fourth-order valence-electron chi connectivity index (χ4n) is 3.04. The zero-order valence-corrected chi connectivity index (χ0v) is 15.4. The first-order chi connectivity index (χ1) is 13.0. The van der Waals surface area contributed by atoms with Crippen molar-refractivity contribution in [2.24, 2.45) is 7.05 Å². The van der Waals surface area contributed by atoms with Crippen LogP contribution >= 0.6 is 0 Å². The van der Waals surface area contributed by atoms with Gasteiger partial charge in [-0.25, -0.2) is 4.98 Å². The molecule has 0 radical (unpaired) electrons. The maximum atomic E-state index is 13.0. The zero-order valence-electron chi connectivity index (χ0n) is 15.4. The Hall–Kier alpha value is -2.90. The Kier molecular flexibility index (Phi) is 5.73. The summed E-state index contributed by atoms with van der Waals surface area (Å²) in [4.78, 5) is 34.9. The quantitative estimate of drug-likeness (QED) is 0.537. The van der Waals surface area contributed by atoms with Crippen LogP contribution in [0, 0.1) is 11.8 Å². The largest absolute Gasteiger partial charge is 0.480 e. The highest BCUT2D eigenvalue weighted by molar-refractivity contribution is 5.74. The van der Waals surface area contributed by atoms with Crippen molar-refractivity contribution in [3.05, 3.63) is 16.2 Å². The molecule has 1 aliphatic rings. The predicted octanol–water partition coefficient (Wildman–Crippen LogP) is -1.26. The molecular formula is C17H23N7O3. The summed E-state index contributed by atoms with van der Waals surface area (Å²) >= 11 is 0. The topological polar surface area (TPSA) is 117 Å². The van der Waals surface area contributed by atoms with Gasteiger partial charge in [-0.05, 0) is 6.92 Å². The Morgan fingerprint density at radius 2 is 2.07 bits per heavy atom. The number of rotatable bonds is 6. The molecule has 0 aliphatic carbocycles. The van der Waals surface area contributed by atoms with Gasteiger partial charge >= 0.3 is 5.97 Å². The van der Waals surface area contributed by atoms with Gasteiger partial charge in [0.15, 0.2) is 11.2 Å². The molecule has 2 aromatic heterocycles. The first-order valence-corrected chi connectivity index (χ1v) is 8.77. The van der Waals surface area contributed by atoms with E-state index < -0.39 is 5.97 Å². The van der Waals surface area contributed by atoms with Crippen LogP contribution in [0.4, 0.5) is 5.95 Å². The minimum Gasteiger partial charge on any atom is -0.480 e. The van der Waals surface area contributed by atoms with Gasteiger partial charge in [0.25, 0.3) is 5.56 Å². The monoisotopic (exact) mass is 373 g/mol. The Bertz CT molecular complexity index is 961. The zero-order chi connectivity index (χ0) is 19.4. The fourth-order valence-corrected chi connectivity index (χ4v) is 3.04. The molecule has 0 amide bonds. The van der Waals surface area contributed by atoms with Crippen molar-refractivity contribution in [3.8, 4) is 11.8 Å². The van der Waals surface area contributed by atoms with Crippen LogP contribution in [0.1, 0.15) is 12.7 Å². The number of imidazole rings is 1. The van der Waals surface area contributed by atoms with Crippen LogP contribution in [0.2, 0.25) is 0 Å². The van der Waals surface area contributed by atoms with Gasteiger partial charge < -0.3 is 15.3 Å².